The van der Waals surface area contributed by atoms with Crippen LogP contribution in [0.5, 0.6) is 0 Å². The number of aryl methyl sites for hydroxylation is 1. The Morgan fingerprint density at radius 2 is 2.17 bits per heavy atom. The number of aromatic nitrogens is 7. The minimum absolute atomic E-state index is 0.548. The maximum atomic E-state index is 5.89. The Labute approximate surface area is 144 Å². The number of thiazole rings is 1. The normalized spacial score (nSPS) is 11.4. The molecule has 3 aromatic heterocycles. The largest absolute Gasteiger partial charge is 0.256 e. The van der Waals surface area contributed by atoms with Crippen molar-refractivity contribution in [3.63, 3.8) is 0 Å². The fraction of sp³-hybridized carbons (Fsp3) is 0.154. The van der Waals surface area contributed by atoms with Crippen LogP contribution >= 0.6 is 34.7 Å². The third-order valence-corrected chi connectivity index (χ3v) is 5.48. The molecule has 10 heteroatoms. The first-order chi connectivity index (χ1) is 11.2. The van der Waals surface area contributed by atoms with Crippen molar-refractivity contribution < 1.29 is 0 Å². The molecule has 0 bridgehead atoms. The van der Waals surface area contributed by atoms with Gasteiger partial charge in [0.1, 0.15) is 0 Å². The van der Waals surface area contributed by atoms with E-state index in [0.29, 0.717) is 10.4 Å². The molecule has 4 rings (SSSR count). The molecule has 0 N–H and O–H groups in total. The highest BCUT2D eigenvalue weighted by Gasteiger charge is 2.17. The quantitative estimate of drug-likeness (QED) is 0.519. The standard InChI is InChI=1S/C13H10ClN7S2/c1-20-12(17-18-19-20)21-10-5-3-2-4-9(10)16-13(21)22-7-8-6-15-11(14)23-8/h2-6H,7H2,1H3. The summed E-state index contributed by atoms with van der Waals surface area (Å²) in [5.41, 5.74) is 1.87. The molecule has 0 atom stereocenters. The summed E-state index contributed by atoms with van der Waals surface area (Å²) < 4.78 is 4.14. The summed E-state index contributed by atoms with van der Waals surface area (Å²) in [5.74, 6) is 1.36. The van der Waals surface area contributed by atoms with E-state index in [1.54, 1.807) is 22.6 Å². The van der Waals surface area contributed by atoms with Crippen LogP contribution in [0.2, 0.25) is 4.47 Å². The van der Waals surface area contributed by atoms with Crippen LogP contribution in [-0.4, -0.2) is 34.7 Å². The molecule has 0 aliphatic heterocycles. The van der Waals surface area contributed by atoms with Crippen molar-refractivity contribution in [1.82, 2.24) is 34.7 Å². The Bertz CT molecular complexity index is 974. The topological polar surface area (TPSA) is 74.3 Å². The lowest BCUT2D eigenvalue weighted by molar-refractivity contribution is 0.682. The second-order valence-corrected chi connectivity index (χ2v) is 7.33. The fourth-order valence-corrected chi connectivity index (χ4v) is 4.20. The summed E-state index contributed by atoms with van der Waals surface area (Å²) in [6.45, 7) is 0. The number of imidazole rings is 1. The molecule has 0 spiro atoms. The predicted molar refractivity (Wildman–Crippen MR) is 90.1 cm³/mol. The van der Waals surface area contributed by atoms with Crippen LogP contribution in [0.25, 0.3) is 17.0 Å². The zero-order chi connectivity index (χ0) is 15.8. The van der Waals surface area contributed by atoms with E-state index < -0.39 is 0 Å². The zero-order valence-corrected chi connectivity index (χ0v) is 14.3. The number of para-hydroxylation sites is 2. The second kappa shape index (κ2) is 5.91. The van der Waals surface area contributed by atoms with Crippen molar-refractivity contribution in [2.75, 3.05) is 0 Å². The van der Waals surface area contributed by atoms with Gasteiger partial charge in [0.25, 0.3) is 5.95 Å². The number of nitrogens with zero attached hydrogens (tertiary/aromatic N) is 7. The van der Waals surface area contributed by atoms with Gasteiger partial charge in [-0.15, -0.1) is 11.3 Å². The maximum absolute atomic E-state index is 5.89. The molecule has 0 aliphatic carbocycles. The molecule has 7 nitrogen and oxygen atoms in total. The van der Waals surface area contributed by atoms with Crippen molar-refractivity contribution in [2.45, 2.75) is 10.9 Å². The molecule has 0 amide bonds. The van der Waals surface area contributed by atoms with Gasteiger partial charge in [-0.05, 0) is 22.6 Å². The van der Waals surface area contributed by atoms with Gasteiger partial charge < -0.3 is 0 Å². The van der Waals surface area contributed by atoms with E-state index in [1.807, 2.05) is 35.9 Å². The first kappa shape index (κ1) is 14.6. The summed E-state index contributed by atoms with van der Waals surface area (Å²) in [5, 5.41) is 12.6. The van der Waals surface area contributed by atoms with E-state index in [1.165, 1.54) is 11.3 Å². The maximum Gasteiger partial charge on any atom is 0.256 e. The minimum Gasteiger partial charge on any atom is -0.254 e. The fourth-order valence-electron chi connectivity index (χ4n) is 2.19. The first-order valence-corrected chi connectivity index (χ1v) is 8.83. The monoisotopic (exact) mass is 363 g/mol. The molecule has 0 saturated heterocycles. The van der Waals surface area contributed by atoms with Gasteiger partial charge >= 0.3 is 0 Å². The number of rotatable bonds is 4. The highest BCUT2D eigenvalue weighted by atomic mass is 35.5. The minimum atomic E-state index is 0.548. The van der Waals surface area contributed by atoms with Crippen molar-refractivity contribution in [1.29, 1.82) is 0 Å². The molecule has 0 unspecified atom stereocenters. The van der Waals surface area contributed by atoms with Gasteiger partial charge in [-0.2, -0.15) is 0 Å². The van der Waals surface area contributed by atoms with Gasteiger partial charge in [-0.3, -0.25) is 4.57 Å². The second-order valence-electron chi connectivity index (χ2n) is 4.69. The van der Waals surface area contributed by atoms with Crippen LogP contribution in [0.3, 0.4) is 0 Å². The predicted octanol–water partition coefficient (Wildman–Crippen LogP) is 2.95. The lowest BCUT2D eigenvalue weighted by atomic mass is 10.3. The number of thioether (sulfide) groups is 1. The lowest BCUT2D eigenvalue weighted by Crippen LogP contribution is -2.05. The number of halogens is 1. The summed E-state index contributed by atoms with van der Waals surface area (Å²) >= 11 is 8.96. The van der Waals surface area contributed by atoms with Gasteiger partial charge in [0.15, 0.2) is 9.62 Å². The van der Waals surface area contributed by atoms with E-state index in [2.05, 4.69) is 20.5 Å². The van der Waals surface area contributed by atoms with Crippen LogP contribution in [0.1, 0.15) is 4.88 Å². The number of benzene rings is 1. The molecular weight excluding hydrogens is 354 g/mol. The third kappa shape index (κ3) is 2.71. The van der Waals surface area contributed by atoms with Crippen LogP contribution in [0.4, 0.5) is 0 Å². The third-order valence-electron chi connectivity index (χ3n) is 3.20. The highest BCUT2D eigenvalue weighted by Crippen LogP contribution is 2.30. The molecule has 1 aromatic carbocycles. The number of tetrazole rings is 1. The van der Waals surface area contributed by atoms with Crippen LogP contribution < -0.4 is 0 Å². The molecule has 3 heterocycles. The zero-order valence-electron chi connectivity index (χ0n) is 11.9. The number of hydrogen-bond donors (Lipinski definition) is 0. The molecule has 116 valence electrons. The molecule has 4 aromatic rings. The van der Waals surface area contributed by atoms with Crippen LogP contribution in [0, 0.1) is 0 Å². The molecule has 0 radical (unpaired) electrons. The molecule has 0 aliphatic rings. The Morgan fingerprint density at radius 1 is 1.30 bits per heavy atom. The molecule has 0 fully saturated rings. The molecule has 0 saturated carbocycles. The Morgan fingerprint density at radius 3 is 2.91 bits per heavy atom. The van der Waals surface area contributed by atoms with Gasteiger partial charge in [-0.25, -0.2) is 14.6 Å². The average molecular weight is 364 g/mol. The number of fused-ring (bicyclic) bond motifs is 1. The van der Waals surface area contributed by atoms with Gasteiger partial charge in [0, 0.05) is 23.9 Å². The number of hydrogen-bond acceptors (Lipinski definition) is 7. The van der Waals surface area contributed by atoms with Gasteiger partial charge in [0.05, 0.1) is 11.0 Å². The summed E-state index contributed by atoms with van der Waals surface area (Å²) in [7, 11) is 1.81. The average Bonchev–Trinajstić information content (AvgIpc) is 3.23. The van der Waals surface area contributed by atoms with Crippen molar-refractivity contribution in [3.05, 3.63) is 39.8 Å². The van der Waals surface area contributed by atoms with Gasteiger partial charge in [0.2, 0.25) is 0 Å². The van der Waals surface area contributed by atoms with Crippen LogP contribution in [0.15, 0.2) is 35.6 Å². The van der Waals surface area contributed by atoms with Crippen molar-refractivity contribution in [2.24, 2.45) is 7.05 Å². The van der Waals surface area contributed by atoms with E-state index >= 15 is 0 Å². The Hall–Kier alpha value is -1.97. The van der Waals surface area contributed by atoms with E-state index in [0.717, 1.165) is 26.8 Å². The molecule has 23 heavy (non-hydrogen) atoms. The summed E-state index contributed by atoms with van der Waals surface area (Å²) in [6, 6.07) is 7.92. The SMILES string of the molecule is Cn1nnnc1-n1c(SCc2cnc(Cl)s2)nc2ccccc21. The highest BCUT2D eigenvalue weighted by molar-refractivity contribution is 7.98. The van der Waals surface area contributed by atoms with Gasteiger partial charge in [-0.1, -0.05) is 40.6 Å². The first-order valence-electron chi connectivity index (χ1n) is 6.65. The Balaban J connectivity index is 1.77. The Kier molecular flexibility index (Phi) is 3.76. The molecular formula is C13H10ClN7S2. The van der Waals surface area contributed by atoms with Crippen molar-refractivity contribution >= 4 is 45.7 Å². The van der Waals surface area contributed by atoms with Crippen LogP contribution in [-0.2, 0) is 12.8 Å². The summed E-state index contributed by atoms with van der Waals surface area (Å²) in [6.07, 6.45) is 1.79. The van der Waals surface area contributed by atoms with Crippen molar-refractivity contribution in [3.8, 4) is 5.95 Å². The van der Waals surface area contributed by atoms with E-state index in [4.69, 9.17) is 16.6 Å². The smallest absolute Gasteiger partial charge is 0.254 e. The lowest BCUT2D eigenvalue weighted by Gasteiger charge is -2.05. The van der Waals surface area contributed by atoms with E-state index in [9.17, 15) is 0 Å². The summed E-state index contributed by atoms with van der Waals surface area (Å²) in [4.78, 5) is 9.86. The van der Waals surface area contributed by atoms with E-state index in [-0.39, 0.29) is 0 Å².